The first-order chi connectivity index (χ1) is 6.72. The molecule has 0 aromatic heterocycles. The van der Waals surface area contributed by atoms with Crippen molar-refractivity contribution in [3.63, 3.8) is 0 Å². The maximum atomic E-state index is 3.57. The molecule has 2 unspecified atom stereocenters. The molecule has 14 heavy (non-hydrogen) atoms. The topological polar surface area (TPSA) is 12.0 Å². The molecule has 0 spiro atoms. The summed E-state index contributed by atoms with van der Waals surface area (Å²) < 4.78 is 0. The minimum atomic E-state index is 0.621. The number of nitrogens with one attached hydrogen (secondary N) is 1. The van der Waals surface area contributed by atoms with Crippen LogP contribution in [0, 0.1) is 6.92 Å². The molecule has 76 valence electrons. The van der Waals surface area contributed by atoms with Gasteiger partial charge in [-0.3, -0.25) is 0 Å². The van der Waals surface area contributed by atoms with Crippen LogP contribution in [0.15, 0.2) is 18.2 Å². The van der Waals surface area contributed by atoms with Crippen LogP contribution >= 0.6 is 0 Å². The Morgan fingerprint density at radius 2 is 2.21 bits per heavy atom. The predicted octanol–water partition coefficient (Wildman–Crippen LogP) is 2.98. The summed E-state index contributed by atoms with van der Waals surface area (Å²) >= 11 is 0. The summed E-state index contributed by atoms with van der Waals surface area (Å²) in [6.07, 6.45) is 1.23. The highest BCUT2D eigenvalue weighted by molar-refractivity contribution is 5.36. The molecule has 1 aliphatic rings. The van der Waals surface area contributed by atoms with Crippen molar-refractivity contribution in [2.24, 2.45) is 0 Å². The van der Waals surface area contributed by atoms with Crippen molar-refractivity contribution >= 4 is 0 Å². The van der Waals surface area contributed by atoms with Crippen LogP contribution in [0.4, 0.5) is 0 Å². The zero-order chi connectivity index (χ0) is 10.1. The van der Waals surface area contributed by atoms with Gasteiger partial charge in [0.05, 0.1) is 0 Å². The molecule has 1 aromatic rings. The van der Waals surface area contributed by atoms with Gasteiger partial charge in [-0.1, -0.05) is 30.7 Å². The normalized spacial score (nSPS) is 25.9. The molecular weight excluding hydrogens is 170 g/mol. The van der Waals surface area contributed by atoms with Gasteiger partial charge in [0.25, 0.3) is 0 Å². The minimum absolute atomic E-state index is 0.621. The van der Waals surface area contributed by atoms with Crippen molar-refractivity contribution in [2.75, 3.05) is 0 Å². The Morgan fingerprint density at radius 1 is 1.43 bits per heavy atom. The first-order valence-corrected chi connectivity index (χ1v) is 5.55. The molecule has 0 fully saturated rings. The van der Waals surface area contributed by atoms with Crippen LogP contribution in [0.1, 0.15) is 42.9 Å². The smallest absolute Gasteiger partial charge is 0.0211 e. The summed E-state index contributed by atoms with van der Waals surface area (Å²) in [7, 11) is 0. The van der Waals surface area contributed by atoms with Crippen LogP contribution < -0.4 is 5.32 Å². The van der Waals surface area contributed by atoms with Crippen molar-refractivity contribution in [1.29, 1.82) is 0 Å². The van der Waals surface area contributed by atoms with Gasteiger partial charge in [0, 0.05) is 12.6 Å². The van der Waals surface area contributed by atoms with E-state index in [4.69, 9.17) is 0 Å². The van der Waals surface area contributed by atoms with Crippen LogP contribution in [-0.2, 0) is 6.54 Å². The lowest BCUT2D eigenvalue weighted by atomic mass is 9.83. The SMILES string of the molecule is CCC1c2ccc(C)cc2CNC1C. The Bertz CT molecular complexity index is 330. The van der Waals surface area contributed by atoms with Crippen molar-refractivity contribution in [3.05, 3.63) is 34.9 Å². The van der Waals surface area contributed by atoms with E-state index in [1.54, 1.807) is 5.56 Å². The second kappa shape index (κ2) is 3.74. The van der Waals surface area contributed by atoms with E-state index in [1.807, 2.05) is 0 Å². The minimum Gasteiger partial charge on any atom is -0.310 e. The van der Waals surface area contributed by atoms with E-state index in [9.17, 15) is 0 Å². The molecule has 1 aromatic carbocycles. The third kappa shape index (κ3) is 1.57. The number of aryl methyl sites for hydroxylation is 1. The summed E-state index contributed by atoms with van der Waals surface area (Å²) in [4.78, 5) is 0. The Kier molecular flexibility index (Phi) is 2.60. The maximum absolute atomic E-state index is 3.57. The van der Waals surface area contributed by atoms with Gasteiger partial charge in [0.2, 0.25) is 0 Å². The third-order valence-electron chi connectivity index (χ3n) is 3.36. The van der Waals surface area contributed by atoms with Crippen LogP contribution in [0.5, 0.6) is 0 Å². The fourth-order valence-corrected chi connectivity index (χ4v) is 2.51. The number of hydrogen-bond acceptors (Lipinski definition) is 1. The fraction of sp³-hybridized carbons (Fsp3) is 0.538. The van der Waals surface area contributed by atoms with E-state index in [-0.39, 0.29) is 0 Å². The lowest BCUT2D eigenvalue weighted by Crippen LogP contribution is -2.36. The summed E-state index contributed by atoms with van der Waals surface area (Å²) in [5.41, 5.74) is 4.43. The van der Waals surface area contributed by atoms with Gasteiger partial charge in [-0.2, -0.15) is 0 Å². The van der Waals surface area contributed by atoms with Gasteiger partial charge in [0.15, 0.2) is 0 Å². The molecule has 2 rings (SSSR count). The van der Waals surface area contributed by atoms with Gasteiger partial charge in [0.1, 0.15) is 0 Å². The number of rotatable bonds is 1. The molecule has 1 nitrogen and oxygen atoms in total. The predicted molar refractivity (Wildman–Crippen MR) is 60.5 cm³/mol. The van der Waals surface area contributed by atoms with E-state index in [0.717, 1.165) is 6.54 Å². The van der Waals surface area contributed by atoms with Crippen LogP contribution in [-0.4, -0.2) is 6.04 Å². The Balaban J connectivity index is 2.41. The monoisotopic (exact) mass is 189 g/mol. The summed E-state index contributed by atoms with van der Waals surface area (Å²) in [6.45, 7) is 7.77. The maximum Gasteiger partial charge on any atom is 0.0211 e. The van der Waals surface area contributed by atoms with E-state index in [1.165, 1.54) is 17.5 Å². The standard InChI is InChI=1S/C13H19N/c1-4-12-10(3)14-8-11-7-9(2)5-6-13(11)12/h5-7,10,12,14H,4,8H2,1-3H3. The van der Waals surface area contributed by atoms with E-state index < -0.39 is 0 Å². The summed E-state index contributed by atoms with van der Waals surface area (Å²) in [6, 6.07) is 7.49. The molecule has 0 saturated heterocycles. The molecule has 1 heteroatoms. The second-order valence-corrected chi connectivity index (χ2v) is 4.39. The highest BCUT2D eigenvalue weighted by atomic mass is 14.9. The first-order valence-electron chi connectivity index (χ1n) is 5.55. The largest absolute Gasteiger partial charge is 0.310 e. The zero-order valence-electron chi connectivity index (χ0n) is 9.30. The molecule has 1 heterocycles. The molecular formula is C13H19N. The average molecular weight is 189 g/mol. The molecule has 0 bridgehead atoms. The van der Waals surface area contributed by atoms with Crippen LogP contribution in [0.3, 0.4) is 0 Å². The fourth-order valence-electron chi connectivity index (χ4n) is 2.51. The first kappa shape index (κ1) is 9.72. The molecule has 0 radical (unpaired) electrons. The molecule has 0 saturated carbocycles. The third-order valence-corrected chi connectivity index (χ3v) is 3.36. The lowest BCUT2D eigenvalue weighted by Gasteiger charge is -2.32. The highest BCUT2D eigenvalue weighted by Crippen LogP contribution is 2.30. The Labute approximate surface area is 86.5 Å². The molecule has 1 N–H and O–H groups in total. The van der Waals surface area contributed by atoms with E-state index >= 15 is 0 Å². The number of fused-ring (bicyclic) bond motifs is 1. The molecule has 0 aliphatic carbocycles. The Morgan fingerprint density at radius 3 is 2.93 bits per heavy atom. The second-order valence-electron chi connectivity index (χ2n) is 4.39. The lowest BCUT2D eigenvalue weighted by molar-refractivity contribution is 0.419. The van der Waals surface area contributed by atoms with Crippen molar-refractivity contribution in [3.8, 4) is 0 Å². The zero-order valence-corrected chi connectivity index (χ0v) is 9.30. The van der Waals surface area contributed by atoms with Crippen molar-refractivity contribution in [2.45, 2.75) is 45.7 Å². The summed E-state index contributed by atoms with van der Waals surface area (Å²) in [5.74, 6) is 0.694. The van der Waals surface area contributed by atoms with Gasteiger partial charge in [-0.15, -0.1) is 0 Å². The van der Waals surface area contributed by atoms with Crippen LogP contribution in [0.25, 0.3) is 0 Å². The van der Waals surface area contributed by atoms with Crippen molar-refractivity contribution < 1.29 is 0 Å². The Hall–Kier alpha value is -0.820. The van der Waals surface area contributed by atoms with E-state index in [0.29, 0.717) is 12.0 Å². The number of hydrogen-bond donors (Lipinski definition) is 1. The quantitative estimate of drug-likeness (QED) is 0.716. The highest BCUT2D eigenvalue weighted by Gasteiger charge is 2.24. The number of benzene rings is 1. The van der Waals surface area contributed by atoms with Gasteiger partial charge in [-0.25, -0.2) is 0 Å². The van der Waals surface area contributed by atoms with E-state index in [2.05, 4.69) is 44.3 Å². The van der Waals surface area contributed by atoms with Gasteiger partial charge < -0.3 is 5.32 Å². The molecule has 1 aliphatic heterocycles. The summed E-state index contributed by atoms with van der Waals surface area (Å²) in [5, 5.41) is 3.57. The molecule has 2 atom stereocenters. The molecule has 0 amide bonds. The van der Waals surface area contributed by atoms with Crippen LogP contribution in [0.2, 0.25) is 0 Å². The van der Waals surface area contributed by atoms with Crippen molar-refractivity contribution in [1.82, 2.24) is 5.32 Å². The van der Waals surface area contributed by atoms with Gasteiger partial charge in [-0.05, 0) is 37.3 Å². The van der Waals surface area contributed by atoms with Gasteiger partial charge >= 0.3 is 0 Å². The average Bonchev–Trinajstić information content (AvgIpc) is 2.18.